The first-order valence-electron chi connectivity index (χ1n) is 7.53. The normalized spacial score (nSPS) is 31.6. The van der Waals surface area contributed by atoms with Crippen molar-refractivity contribution >= 4 is 12.1 Å². The van der Waals surface area contributed by atoms with Gasteiger partial charge < -0.3 is 19.5 Å². The summed E-state index contributed by atoms with van der Waals surface area (Å²) in [5, 5.41) is 2.93. The Labute approximate surface area is 125 Å². The quantitative estimate of drug-likeness (QED) is 0.808. The number of fused-ring (bicyclic) bond motifs is 3. The Kier molecular flexibility index (Phi) is 4.19. The van der Waals surface area contributed by atoms with Gasteiger partial charge in [-0.2, -0.15) is 0 Å². The van der Waals surface area contributed by atoms with Gasteiger partial charge in [0, 0.05) is 0 Å². The summed E-state index contributed by atoms with van der Waals surface area (Å²) < 4.78 is 16.2. The third-order valence-electron chi connectivity index (χ3n) is 4.05. The average Bonchev–Trinajstić information content (AvgIpc) is 2.38. The summed E-state index contributed by atoms with van der Waals surface area (Å²) in [6, 6.07) is 0. The number of esters is 1. The highest BCUT2D eigenvalue weighted by molar-refractivity contribution is 5.80. The number of nitrogens with one attached hydrogen (secondary N) is 1. The highest BCUT2D eigenvalue weighted by atomic mass is 16.6. The molecule has 1 amide bonds. The highest BCUT2D eigenvalue weighted by Gasteiger charge is 2.55. The maximum Gasteiger partial charge on any atom is 0.408 e. The molecule has 0 aromatic heterocycles. The van der Waals surface area contributed by atoms with Crippen molar-refractivity contribution in [3.8, 4) is 0 Å². The lowest BCUT2D eigenvalue weighted by molar-refractivity contribution is -0.201. The molecule has 2 bridgehead atoms. The first kappa shape index (κ1) is 16.1. The fraction of sp³-hybridized carbons (Fsp3) is 0.867. The summed E-state index contributed by atoms with van der Waals surface area (Å²) in [5.74, 6) is -0.282. The molecular formula is C15H25NO5. The summed E-state index contributed by atoms with van der Waals surface area (Å²) >= 11 is 0. The predicted octanol–water partition coefficient (Wildman–Crippen LogP) is 2.16. The summed E-state index contributed by atoms with van der Waals surface area (Å²) in [6.07, 6.45) is 2.11. The summed E-state index contributed by atoms with van der Waals surface area (Å²) in [4.78, 5) is 24.0. The molecule has 3 aliphatic rings. The number of carbonyl (C=O) groups excluding carboxylic acids is 2. The molecule has 6 heteroatoms. The highest BCUT2D eigenvalue weighted by Crippen LogP contribution is 2.44. The SMILES string of the molecule is CCOC(=O)C12CCC(NC(=O)OC(C)(C)C)(CC1)CO2. The third kappa shape index (κ3) is 3.48. The summed E-state index contributed by atoms with van der Waals surface area (Å²) in [7, 11) is 0. The second kappa shape index (κ2) is 5.48. The lowest BCUT2D eigenvalue weighted by Gasteiger charge is -2.51. The van der Waals surface area contributed by atoms with E-state index < -0.39 is 22.8 Å². The molecule has 1 aliphatic carbocycles. The molecule has 0 aromatic rings. The molecule has 0 aromatic carbocycles. The van der Waals surface area contributed by atoms with E-state index in [2.05, 4.69) is 5.32 Å². The number of alkyl carbamates (subject to hydrolysis) is 1. The van der Waals surface area contributed by atoms with Gasteiger partial charge in [-0.05, 0) is 53.4 Å². The van der Waals surface area contributed by atoms with Crippen LogP contribution in [0.1, 0.15) is 53.4 Å². The van der Waals surface area contributed by atoms with Gasteiger partial charge in [0.1, 0.15) is 5.60 Å². The monoisotopic (exact) mass is 299 g/mol. The molecule has 21 heavy (non-hydrogen) atoms. The minimum Gasteiger partial charge on any atom is -0.464 e. The van der Waals surface area contributed by atoms with Crippen LogP contribution in [0.3, 0.4) is 0 Å². The largest absolute Gasteiger partial charge is 0.464 e. The van der Waals surface area contributed by atoms with Gasteiger partial charge in [-0.25, -0.2) is 9.59 Å². The zero-order valence-corrected chi connectivity index (χ0v) is 13.3. The second-order valence-electron chi connectivity index (χ2n) is 6.91. The molecule has 2 saturated heterocycles. The average molecular weight is 299 g/mol. The predicted molar refractivity (Wildman–Crippen MR) is 75.9 cm³/mol. The minimum absolute atomic E-state index is 0.282. The minimum atomic E-state index is -0.812. The number of carbonyl (C=O) groups is 2. The van der Waals surface area contributed by atoms with Crippen LogP contribution < -0.4 is 5.32 Å². The van der Waals surface area contributed by atoms with Gasteiger partial charge in [-0.15, -0.1) is 0 Å². The molecule has 2 heterocycles. The number of amides is 1. The van der Waals surface area contributed by atoms with Crippen LogP contribution in [0, 0.1) is 0 Å². The number of hydrogen-bond acceptors (Lipinski definition) is 5. The van der Waals surface area contributed by atoms with E-state index in [9.17, 15) is 9.59 Å². The van der Waals surface area contributed by atoms with Crippen LogP contribution in [-0.4, -0.2) is 42.0 Å². The van der Waals surface area contributed by atoms with Crippen molar-refractivity contribution in [1.82, 2.24) is 5.32 Å². The van der Waals surface area contributed by atoms with E-state index in [0.717, 1.165) is 0 Å². The topological polar surface area (TPSA) is 73.9 Å². The fourth-order valence-electron chi connectivity index (χ4n) is 2.90. The maximum absolute atomic E-state index is 12.0. The van der Waals surface area contributed by atoms with Crippen molar-refractivity contribution in [3.05, 3.63) is 0 Å². The Morgan fingerprint density at radius 3 is 2.24 bits per heavy atom. The Bertz CT molecular complexity index is 402. The van der Waals surface area contributed by atoms with Gasteiger partial charge in [0.05, 0.1) is 18.8 Å². The van der Waals surface area contributed by atoms with E-state index >= 15 is 0 Å². The first-order chi connectivity index (χ1) is 9.70. The van der Waals surface area contributed by atoms with E-state index in [0.29, 0.717) is 38.9 Å². The lowest BCUT2D eigenvalue weighted by atomic mass is 9.71. The van der Waals surface area contributed by atoms with Crippen LogP contribution in [0.15, 0.2) is 0 Å². The number of ether oxygens (including phenoxy) is 3. The summed E-state index contributed by atoms with van der Waals surface area (Å²) in [5.41, 5.74) is -1.76. The molecule has 120 valence electrons. The van der Waals surface area contributed by atoms with E-state index in [-0.39, 0.29) is 5.97 Å². The van der Waals surface area contributed by atoms with Crippen molar-refractivity contribution in [2.24, 2.45) is 0 Å². The molecule has 1 N–H and O–H groups in total. The molecular weight excluding hydrogens is 274 g/mol. The smallest absolute Gasteiger partial charge is 0.408 e. The Morgan fingerprint density at radius 2 is 1.81 bits per heavy atom. The van der Waals surface area contributed by atoms with E-state index in [1.807, 2.05) is 20.8 Å². The van der Waals surface area contributed by atoms with E-state index in [1.165, 1.54) is 0 Å². The molecule has 3 rings (SSSR count). The van der Waals surface area contributed by atoms with E-state index in [1.54, 1.807) is 6.92 Å². The standard InChI is InChI=1S/C15H25NO5/c1-5-19-11(17)15-8-6-14(7-9-15,10-20-15)16-12(18)21-13(2,3)4/h5-10H2,1-4H3,(H,16,18). The van der Waals surface area contributed by atoms with Crippen molar-refractivity contribution < 1.29 is 23.8 Å². The van der Waals surface area contributed by atoms with Crippen LogP contribution >= 0.6 is 0 Å². The maximum atomic E-state index is 12.0. The zero-order chi connectivity index (χ0) is 15.7. The van der Waals surface area contributed by atoms with Gasteiger partial charge in [0.15, 0.2) is 5.60 Å². The van der Waals surface area contributed by atoms with Crippen LogP contribution in [-0.2, 0) is 19.0 Å². The van der Waals surface area contributed by atoms with Crippen molar-refractivity contribution in [2.75, 3.05) is 13.2 Å². The third-order valence-corrected chi connectivity index (χ3v) is 4.05. The molecule has 1 saturated carbocycles. The van der Waals surface area contributed by atoms with Crippen molar-refractivity contribution in [3.63, 3.8) is 0 Å². The first-order valence-corrected chi connectivity index (χ1v) is 7.53. The van der Waals surface area contributed by atoms with Crippen LogP contribution in [0.25, 0.3) is 0 Å². The number of hydrogen-bond donors (Lipinski definition) is 1. The Balaban J connectivity index is 1.95. The molecule has 2 aliphatic heterocycles. The van der Waals surface area contributed by atoms with Gasteiger partial charge in [0.25, 0.3) is 0 Å². The zero-order valence-electron chi connectivity index (χ0n) is 13.3. The number of rotatable bonds is 3. The summed E-state index contributed by atoms with van der Waals surface area (Å²) in [6.45, 7) is 7.95. The van der Waals surface area contributed by atoms with Crippen molar-refractivity contribution in [2.45, 2.75) is 70.1 Å². The van der Waals surface area contributed by atoms with Gasteiger partial charge in [-0.1, -0.05) is 0 Å². The van der Waals surface area contributed by atoms with Gasteiger partial charge >= 0.3 is 12.1 Å². The Morgan fingerprint density at radius 1 is 1.19 bits per heavy atom. The second-order valence-corrected chi connectivity index (χ2v) is 6.91. The van der Waals surface area contributed by atoms with Crippen LogP contribution in [0.5, 0.6) is 0 Å². The fourth-order valence-corrected chi connectivity index (χ4v) is 2.90. The Hall–Kier alpha value is -1.30. The van der Waals surface area contributed by atoms with Crippen LogP contribution in [0.4, 0.5) is 4.79 Å². The molecule has 0 spiro atoms. The molecule has 3 fully saturated rings. The van der Waals surface area contributed by atoms with E-state index in [4.69, 9.17) is 14.2 Å². The molecule has 0 unspecified atom stereocenters. The molecule has 0 radical (unpaired) electrons. The molecule has 6 nitrogen and oxygen atoms in total. The van der Waals surface area contributed by atoms with Gasteiger partial charge in [-0.3, -0.25) is 0 Å². The van der Waals surface area contributed by atoms with Gasteiger partial charge in [0.2, 0.25) is 0 Å². The van der Waals surface area contributed by atoms with Crippen LogP contribution in [0.2, 0.25) is 0 Å². The van der Waals surface area contributed by atoms with Crippen molar-refractivity contribution in [1.29, 1.82) is 0 Å². The molecule has 0 atom stereocenters. The lowest BCUT2D eigenvalue weighted by Crippen LogP contribution is -2.65.